The Morgan fingerprint density at radius 2 is 2.07 bits per heavy atom. The molecule has 0 spiro atoms. The van der Waals surface area contributed by atoms with Crippen molar-refractivity contribution in [3.05, 3.63) is 65.9 Å². The lowest BCUT2D eigenvalue weighted by molar-refractivity contribution is 0.194. The lowest BCUT2D eigenvalue weighted by atomic mass is 10.2. The SMILES string of the molecule is Cc1c(F)cccc1-n1nc(CCNC(=O)O)cc1S(=O)(=O)c1cccnc1. The highest BCUT2D eigenvalue weighted by atomic mass is 32.2. The first-order valence-electron chi connectivity index (χ1n) is 8.27. The van der Waals surface area contributed by atoms with Crippen molar-refractivity contribution in [1.29, 1.82) is 0 Å². The molecule has 2 N–H and O–H groups in total. The predicted molar refractivity (Wildman–Crippen MR) is 97.7 cm³/mol. The van der Waals surface area contributed by atoms with Gasteiger partial charge in [0.05, 0.1) is 16.3 Å². The third-order valence-electron chi connectivity index (χ3n) is 4.07. The van der Waals surface area contributed by atoms with Gasteiger partial charge in [0.2, 0.25) is 9.84 Å². The Labute approximate surface area is 160 Å². The minimum atomic E-state index is -3.99. The molecule has 28 heavy (non-hydrogen) atoms. The number of nitrogens with one attached hydrogen (secondary N) is 1. The Balaban J connectivity index is 2.13. The number of amides is 1. The van der Waals surface area contributed by atoms with Crippen molar-refractivity contribution < 1.29 is 22.7 Å². The fraction of sp³-hybridized carbons (Fsp3) is 0.167. The Morgan fingerprint density at radius 1 is 1.29 bits per heavy atom. The van der Waals surface area contributed by atoms with Crippen LogP contribution in [0.1, 0.15) is 11.3 Å². The molecule has 2 heterocycles. The van der Waals surface area contributed by atoms with Gasteiger partial charge in [0.15, 0.2) is 5.03 Å². The first kappa shape index (κ1) is 19.5. The molecule has 0 aliphatic heterocycles. The highest BCUT2D eigenvalue weighted by Gasteiger charge is 2.26. The van der Waals surface area contributed by atoms with Crippen molar-refractivity contribution >= 4 is 15.9 Å². The minimum absolute atomic E-state index is 0.0274. The van der Waals surface area contributed by atoms with Gasteiger partial charge in [0.25, 0.3) is 0 Å². The Bertz CT molecular complexity index is 1110. The molecule has 1 aromatic carbocycles. The number of hydrogen-bond donors (Lipinski definition) is 2. The van der Waals surface area contributed by atoms with E-state index < -0.39 is 21.7 Å². The molecule has 2 aromatic heterocycles. The predicted octanol–water partition coefficient (Wildman–Crippen LogP) is 2.36. The summed E-state index contributed by atoms with van der Waals surface area (Å²) in [5.41, 5.74) is 0.864. The molecule has 0 saturated heterocycles. The Kier molecular flexibility index (Phi) is 5.41. The number of hydrogen-bond acceptors (Lipinski definition) is 5. The van der Waals surface area contributed by atoms with Crippen molar-refractivity contribution in [2.45, 2.75) is 23.3 Å². The lowest BCUT2D eigenvalue weighted by Crippen LogP contribution is -2.23. The van der Waals surface area contributed by atoms with Crippen molar-refractivity contribution in [1.82, 2.24) is 20.1 Å². The van der Waals surface area contributed by atoms with E-state index in [1.165, 1.54) is 49.6 Å². The fourth-order valence-electron chi connectivity index (χ4n) is 2.65. The average molecular weight is 404 g/mol. The van der Waals surface area contributed by atoms with Crippen LogP contribution < -0.4 is 5.32 Å². The van der Waals surface area contributed by atoms with Crippen molar-refractivity contribution in [3.8, 4) is 5.69 Å². The number of carbonyl (C=O) groups is 1. The molecule has 0 saturated carbocycles. The molecular formula is C18H17FN4O4S. The second-order valence-corrected chi connectivity index (χ2v) is 7.84. The molecule has 8 nitrogen and oxygen atoms in total. The maximum Gasteiger partial charge on any atom is 0.404 e. The summed E-state index contributed by atoms with van der Waals surface area (Å²) in [5.74, 6) is -0.494. The number of nitrogens with zero attached hydrogens (tertiary/aromatic N) is 3. The Hall–Kier alpha value is -3.27. The molecule has 3 aromatic rings. The molecule has 1 amide bonds. The van der Waals surface area contributed by atoms with Crippen LogP contribution in [0.5, 0.6) is 0 Å². The van der Waals surface area contributed by atoms with Crippen LogP contribution >= 0.6 is 0 Å². The van der Waals surface area contributed by atoms with Gasteiger partial charge in [-0.05, 0) is 37.3 Å². The normalized spacial score (nSPS) is 11.4. The van der Waals surface area contributed by atoms with Crippen LogP contribution in [-0.2, 0) is 16.3 Å². The molecule has 0 unspecified atom stereocenters. The van der Waals surface area contributed by atoms with E-state index in [4.69, 9.17) is 5.11 Å². The topological polar surface area (TPSA) is 114 Å². The van der Waals surface area contributed by atoms with E-state index in [0.29, 0.717) is 5.69 Å². The van der Waals surface area contributed by atoms with Crippen molar-refractivity contribution in [3.63, 3.8) is 0 Å². The molecule has 0 bridgehead atoms. The van der Waals surface area contributed by atoms with Crippen molar-refractivity contribution in [2.75, 3.05) is 6.54 Å². The number of sulfone groups is 1. The molecule has 0 fully saturated rings. The molecule has 0 aliphatic carbocycles. The van der Waals surface area contributed by atoms with Crippen LogP contribution in [-0.4, -0.2) is 40.9 Å². The maximum absolute atomic E-state index is 14.0. The van der Waals surface area contributed by atoms with Crippen molar-refractivity contribution in [2.24, 2.45) is 0 Å². The third kappa shape index (κ3) is 3.86. The highest BCUT2D eigenvalue weighted by molar-refractivity contribution is 7.91. The van der Waals surface area contributed by atoms with E-state index in [2.05, 4.69) is 15.4 Å². The lowest BCUT2D eigenvalue weighted by Gasteiger charge is -2.11. The summed E-state index contributed by atoms with van der Waals surface area (Å²) in [6.45, 7) is 1.58. The number of rotatable bonds is 6. The van der Waals surface area contributed by atoms with Gasteiger partial charge in [-0.3, -0.25) is 4.98 Å². The summed E-state index contributed by atoms with van der Waals surface area (Å²) in [6.07, 6.45) is 1.65. The minimum Gasteiger partial charge on any atom is -0.465 e. The maximum atomic E-state index is 14.0. The van der Waals surface area contributed by atoms with Gasteiger partial charge in [0.1, 0.15) is 5.82 Å². The molecule has 0 radical (unpaired) electrons. The van der Waals surface area contributed by atoms with E-state index in [9.17, 15) is 17.6 Å². The molecule has 3 rings (SSSR count). The van der Waals surface area contributed by atoms with E-state index in [0.717, 1.165) is 4.68 Å². The van der Waals surface area contributed by atoms with Gasteiger partial charge in [-0.2, -0.15) is 5.10 Å². The zero-order chi connectivity index (χ0) is 20.3. The number of aromatic nitrogens is 3. The van der Waals surface area contributed by atoms with Gasteiger partial charge in [-0.25, -0.2) is 22.3 Å². The number of benzene rings is 1. The molecule has 146 valence electrons. The third-order valence-corrected chi connectivity index (χ3v) is 5.78. The van der Waals surface area contributed by atoms with Crippen LogP contribution in [0.2, 0.25) is 0 Å². The van der Waals surface area contributed by atoms with Gasteiger partial charge in [-0.15, -0.1) is 0 Å². The monoisotopic (exact) mass is 404 g/mol. The smallest absolute Gasteiger partial charge is 0.404 e. The van der Waals surface area contributed by atoms with Gasteiger partial charge < -0.3 is 10.4 Å². The second-order valence-electron chi connectivity index (χ2n) is 5.94. The fourth-order valence-corrected chi connectivity index (χ4v) is 4.00. The van der Waals surface area contributed by atoms with Gasteiger partial charge in [-0.1, -0.05) is 6.07 Å². The van der Waals surface area contributed by atoms with E-state index in [-0.39, 0.29) is 34.1 Å². The summed E-state index contributed by atoms with van der Waals surface area (Å²) in [5, 5.41) is 15.0. The first-order chi connectivity index (χ1) is 13.3. The van der Waals surface area contributed by atoms with E-state index in [1.54, 1.807) is 6.07 Å². The van der Waals surface area contributed by atoms with Crippen LogP contribution in [0.3, 0.4) is 0 Å². The van der Waals surface area contributed by atoms with E-state index >= 15 is 0 Å². The van der Waals surface area contributed by atoms with Crippen LogP contribution in [0.15, 0.2) is 58.7 Å². The quantitative estimate of drug-likeness (QED) is 0.652. The van der Waals surface area contributed by atoms with Gasteiger partial charge >= 0.3 is 6.09 Å². The van der Waals surface area contributed by atoms with Crippen LogP contribution in [0.4, 0.5) is 9.18 Å². The summed E-state index contributed by atoms with van der Waals surface area (Å²) < 4.78 is 41.4. The number of carboxylic acid groups (broad SMARTS) is 1. The average Bonchev–Trinajstić information content (AvgIpc) is 3.09. The van der Waals surface area contributed by atoms with Crippen LogP contribution in [0, 0.1) is 12.7 Å². The molecule has 10 heteroatoms. The highest BCUT2D eigenvalue weighted by Crippen LogP contribution is 2.26. The zero-order valence-electron chi connectivity index (χ0n) is 14.8. The summed E-state index contributed by atoms with van der Waals surface area (Å²) in [7, 11) is -3.99. The van der Waals surface area contributed by atoms with E-state index in [1.807, 2.05) is 0 Å². The Morgan fingerprint density at radius 3 is 2.75 bits per heavy atom. The molecule has 0 aliphatic rings. The standard InChI is InChI=1S/C18H17FN4O4S/c1-12-15(19)5-2-6-16(12)23-17(10-13(22-23)7-9-21-18(24)25)28(26,27)14-4-3-8-20-11-14/h2-6,8,10-11,21H,7,9H2,1H3,(H,24,25). The molecule has 0 atom stereocenters. The second kappa shape index (κ2) is 7.77. The summed E-state index contributed by atoms with van der Waals surface area (Å²) in [4.78, 5) is 14.4. The number of pyridine rings is 1. The summed E-state index contributed by atoms with van der Waals surface area (Å²) in [6, 6.07) is 8.56. The largest absolute Gasteiger partial charge is 0.465 e. The summed E-state index contributed by atoms with van der Waals surface area (Å²) >= 11 is 0. The number of halogens is 1. The first-order valence-corrected chi connectivity index (χ1v) is 9.75. The van der Waals surface area contributed by atoms with Crippen LogP contribution in [0.25, 0.3) is 5.69 Å². The van der Waals surface area contributed by atoms with Gasteiger partial charge in [0, 0.05) is 30.9 Å². The zero-order valence-corrected chi connectivity index (χ0v) is 15.6. The molecular weight excluding hydrogens is 387 g/mol.